The Morgan fingerprint density at radius 2 is 1.36 bits per heavy atom. The van der Waals surface area contributed by atoms with Crippen molar-refractivity contribution in [2.45, 2.75) is 6.18 Å². The molecule has 3 aromatic rings. The molecular weight excluding hydrogens is 289 g/mol. The molecule has 3 rings (SSSR count). The molecule has 2 nitrogen and oxygen atoms in total. The normalized spacial score (nSPS) is 11.4. The van der Waals surface area contributed by atoms with Crippen LogP contribution in [0.25, 0.3) is 5.69 Å². The maximum Gasteiger partial charge on any atom is 0.431 e. The van der Waals surface area contributed by atoms with Crippen molar-refractivity contribution >= 4 is 11.4 Å². The lowest BCUT2D eigenvalue weighted by Gasteiger charge is -2.11. The fraction of sp³-hybridized carbons (Fsp3) is 0.0588. The van der Waals surface area contributed by atoms with Gasteiger partial charge in [0.1, 0.15) is 5.69 Å². The Balaban J connectivity index is 2.02. The van der Waals surface area contributed by atoms with E-state index in [0.29, 0.717) is 11.4 Å². The molecule has 1 aromatic heterocycles. The fourth-order valence-corrected chi connectivity index (χ4v) is 2.24. The summed E-state index contributed by atoms with van der Waals surface area (Å²) in [6, 6.07) is 18.7. The summed E-state index contributed by atoms with van der Waals surface area (Å²) in [7, 11) is 0. The number of nitrogens with one attached hydrogen (secondary N) is 1. The highest BCUT2D eigenvalue weighted by Gasteiger charge is 2.35. The molecule has 1 N–H and O–H groups in total. The largest absolute Gasteiger partial charge is 0.431 e. The van der Waals surface area contributed by atoms with Crippen LogP contribution in [0, 0.1) is 0 Å². The van der Waals surface area contributed by atoms with Crippen LogP contribution in [-0.4, -0.2) is 4.57 Å². The minimum Gasteiger partial charge on any atom is -0.354 e. The van der Waals surface area contributed by atoms with E-state index < -0.39 is 11.9 Å². The Kier molecular flexibility index (Phi) is 3.63. The van der Waals surface area contributed by atoms with Crippen molar-refractivity contribution in [2.75, 3.05) is 5.32 Å². The highest BCUT2D eigenvalue weighted by Crippen LogP contribution is 2.35. The van der Waals surface area contributed by atoms with Gasteiger partial charge in [0.05, 0.1) is 5.69 Å². The summed E-state index contributed by atoms with van der Waals surface area (Å²) < 4.78 is 40.9. The van der Waals surface area contributed by atoms with E-state index in [1.54, 1.807) is 42.5 Å². The highest BCUT2D eigenvalue weighted by atomic mass is 19.4. The van der Waals surface area contributed by atoms with Crippen LogP contribution in [0.5, 0.6) is 0 Å². The molecule has 0 aliphatic heterocycles. The summed E-state index contributed by atoms with van der Waals surface area (Å²) in [6.07, 6.45) is -2.97. The van der Waals surface area contributed by atoms with Gasteiger partial charge in [-0.05, 0) is 30.3 Å². The van der Waals surface area contributed by atoms with E-state index >= 15 is 0 Å². The molecule has 0 bridgehead atoms. The van der Waals surface area contributed by atoms with Crippen molar-refractivity contribution in [3.05, 3.63) is 78.6 Å². The molecule has 0 saturated carbocycles. The van der Waals surface area contributed by atoms with Crippen molar-refractivity contribution in [2.24, 2.45) is 0 Å². The first kappa shape index (κ1) is 14.3. The molecular formula is C17H13F3N2. The Morgan fingerprint density at radius 1 is 0.773 bits per heavy atom. The number of aromatic nitrogens is 1. The van der Waals surface area contributed by atoms with Crippen molar-refractivity contribution in [1.29, 1.82) is 0 Å². The predicted octanol–water partition coefficient (Wildman–Crippen LogP) is 5.24. The summed E-state index contributed by atoms with van der Waals surface area (Å²) in [6.45, 7) is 0. The maximum absolute atomic E-state index is 13.2. The van der Waals surface area contributed by atoms with Gasteiger partial charge in [-0.15, -0.1) is 0 Å². The first-order valence-electron chi connectivity index (χ1n) is 6.71. The number of alkyl halides is 3. The Morgan fingerprint density at radius 3 is 1.95 bits per heavy atom. The minimum atomic E-state index is -4.42. The highest BCUT2D eigenvalue weighted by molar-refractivity contribution is 5.61. The molecule has 0 spiro atoms. The van der Waals surface area contributed by atoms with E-state index in [4.69, 9.17) is 0 Å². The number of rotatable bonds is 3. The van der Waals surface area contributed by atoms with Crippen LogP contribution in [0.2, 0.25) is 0 Å². The zero-order chi connectivity index (χ0) is 15.6. The standard InChI is InChI=1S/C17H13F3N2/c18-17(19,20)16-11-14(21-13-7-3-1-4-8-13)12-22(16)15-9-5-2-6-10-15/h1-12,21H. The Labute approximate surface area is 125 Å². The maximum atomic E-state index is 13.2. The molecule has 2 aromatic carbocycles. The number of halogens is 3. The zero-order valence-corrected chi connectivity index (χ0v) is 11.5. The van der Waals surface area contributed by atoms with Crippen molar-refractivity contribution < 1.29 is 13.2 Å². The molecule has 0 unspecified atom stereocenters. The fourth-order valence-electron chi connectivity index (χ4n) is 2.24. The SMILES string of the molecule is FC(F)(F)c1cc(Nc2ccccc2)cn1-c1ccccc1. The summed E-state index contributed by atoms with van der Waals surface area (Å²) in [5.74, 6) is 0. The van der Waals surface area contributed by atoms with Crippen LogP contribution in [0.4, 0.5) is 24.5 Å². The average Bonchev–Trinajstić information content (AvgIpc) is 2.93. The van der Waals surface area contributed by atoms with Crippen LogP contribution in [0.15, 0.2) is 72.9 Å². The molecule has 22 heavy (non-hydrogen) atoms. The number of benzene rings is 2. The van der Waals surface area contributed by atoms with Gasteiger partial charge >= 0.3 is 6.18 Å². The molecule has 0 radical (unpaired) electrons. The van der Waals surface area contributed by atoms with Crippen molar-refractivity contribution in [3.8, 4) is 5.69 Å². The van der Waals surface area contributed by atoms with Gasteiger partial charge < -0.3 is 9.88 Å². The van der Waals surface area contributed by atoms with Gasteiger partial charge in [-0.2, -0.15) is 13.2 Å². The molecule has 0 aliphatic rings. The second-order valence-corrected chi connectivity index (χ2v) is 4.81. The zero-order valence-electron chi connectivity index (χ0n) is 11.5. The quantitative estimate of drug-likeness (QED) is 0.700. The monoisotopic (exact) mass is 302 g/mol. The minimum absolute atomic E-state index is 0.391. The van der Waals surface area contributed by atoms with Gasteiger partial charge in [0.25, 0.3) is 0 Å². The van der Waals surface area contributed by atoms with Crippen molar-refractivity contribution in [1.82, 2.24) is 4.57 Å². The molecule has 0 aliphatic carbocycles. The molecule has 0 amide bonds. The van der Waals surface area contributed by atoms with Gasteiger partial charge in [-0.1, -0.05) is 36.4 Å². The smallest absolute Gasteiger partial charge is 0.354 e. The van der Waals surface area contributed by atoms with E-state index in [1.165, 1.54) is 6.20 Å². The van der Waals surface area contributed by atoms with E-state index in [9.17, 15) is 13.2 Å². The van der Waals surface area contributed by atoms with Gasteiger partial charge in [0.2, 0.25) is 0 Å². The van der Waals surface area contributed by atoms with Crippen LogP contribution >= 0.6 is 0 Å². The van der Waals surface area contributed by atoms with Crippen LogP contribution in [-0.2, 0) is 6.18 Å². The molecule has 0 atom stereocenters. The number of hydrogen-bond acceptors (Lipinski definition) is 1. The Bertz CT molecular complexity index is 747. The lowest BCUT2D eigenvalue weighted by molar-refractivity contribution is -0.142. The second-order valence-electron chi connectivity index (χ2n) is 4.81. The van der Waals surface area contributed by atoms with E-state index in [1.807, 2.05) is 18.2 Å². The Hall–Kier alpha value is -2.69. The third-order valence-corrected chi connectivity index (χ3v) is 3.21. The number of nitrogens with zero attached hydrogens (tertiary/aromatic N) is 1. The predicted molar refractivity (Wildman–Crippen MR) is 80.5 cm³/mol. The molecule has 5 heteroatoms. The molecule has 0 saturated heterocycles. The summed E-state index contributed by atoms with van der Waals surface area (Å²) in [5, 5.41) is 2.99. The summed E-state index contributed by atoms with van der Waals surface area (Å²) in [4.78, 5) is 0. The van der Waals surface area contributed by atoms with Crippen LogP contribution < -0.4 is 5.32 Å². The second kappa shape index (κ2) is 5.60. The van der Waals surface area contributed by atoms with E-state index in [-0.39, 0.29) is 0 Å². The van der Waals surface area contributed by atoms with E-state index in [2.05, 4.69) is 5.32 Å². The number of para-hydroxylation sites is 2. The lowest BCUT2D eigenvalue weighted by Crippen LogP contribution is -2.11. The topological polar surface area (TPSA) is 17.0 Å². The number of hydrogen-bond donors (Lipinski definition) is 1. The van der Waals surface area contributed by atoms with Gasteiger partial charge in [-0.25, -0.2) is 0 Å². The van der Waals surface area contributed by atoms with Crippen molar-refractivity contribution in [3.63, 3.8) is 0 Å². The van der Waals surface area contributed by atoms with Crippen LogP contribution in [0.3, 0.4) is 0 Å². The first-order chi connectivity index (χ1) is 10.5. The van der Waals surface area contributed by atoms with Gasteiger partial charge in [0, 0.05) is 17.6 Å². The van der Waals surface area contributed by atoms with Gasteiger partial charge in [0.15, 0.2) is 0 Å². The average molecular weight is 302 g/mol. The van der Waals surface area contributed by atoms with E-state index in [0.717, 1.165) is 16.3 Å². The molecule has 112 valence electrons. The molecule has 1 heterocycles. The third-order valence-electron chi connectivity index (χ3n) is 3.21. The van der Waals surface area contributed by atoms with Gasteiger partial charge in [-0.3, -0.25) is 0 Å². The van der Waals surface area contributed by atoms with Crippen LogP contribution in [0.1, 0.15) is 5.69 Å². The molecule has 0 fully saturated rings. The lowest BCUT2D eigenvalue weighted by atomic mass is 10.3. The third kappa shape index (κ3) is 2.98. The number of anilines is 2. The summed E-state index contributed by atoms with van der Waals surface area (Å²) >= 11 is 0. The summed E-state index contributed by atoms with van der Waals surface area (Å²) in [5.41, 5.74) is 0.886. The first-order valence-corrected chi connectivity index (χ1v) is 6.71.